The molecule has 0 bridgehead atoms. The van der Waals surface area contributed by atoms with Gasteiger partial charge in [-0.25, -0.2) is 0 Å². The summed E-state index contributed by atoms with van der Waals surface area (Å²) in [6, 6.07) is 14.1. The number of benzene rings is 2. The summed E-state index contributed by atoms with van der Waals surface area (Å²) in [6.07, 6.45) is 0. The number of carbonyl (C=O) groups is 1. The number of nitrogens with one attached hydrogen (secondary N) is 1. The molecule has 0 spiro atoms. The van der Waals surface area contributed by atoms with Gasteiger partial charge in [0.1, 0.15) is 12.4 Å². The lowest BCUT2D eigenvalue weighted by atomic mass is 10.1. The zero-order chi connectivity index (χ0) is 20.6. The van der Waals surface area contributed by atoms with Gasteiger partial charge in [-0.1, -0.05) is 18.2 Å². The van der Waals surface area contributed by atoms with Gasteiger partial charge in [0.05, 0.1) is 31.1 Å². The fourth-order valence-corrected chi connectivity index (χ4v) is 3.51. The van der Waals surface area contributed by atoms with Gasteiger partial charge in [0, 0.05) is 19.6 Å². The van der Waals surface area contributed by atoms with Crippen molar-refractivity contribution in [2.24, 2.45) is 0 Å². The van der Waals surface area contributed by atoms with E-state index in [-0.39, 0.29) is 5.91 Å². The average molecular weight is 398 g/mol. The van der Waals surface area contributed by atoms with Crippen molar-refractivity contribution in [3.63, 3.8) is 0 Å². The predicted octanol–water partition coefficient (Wildman–Crippen LogP) is 3.09. The number of hydrogen-bond acceptors (Lipinski definition) is 5. The Balaban J connectivity index is 1.48. The summed E-state index contributed by atoms with van der Waals surface area (Å²) in [5.74, 6) is 0.847. The molecule has 2 aromatic rings. The van der Waals surface area contributed by atoms with E-state index in [9.17, 15) is 4.79 Å². The molecule has 1 amide bonds. The predicted molar refractivity (Wildman–Crippen MR) is 117 cm³/mol. The molecule has 0 atom stereocenters. The highest BCUT2D eigenvalue weighted by atomic mass is 16.5. The zero-order valence-electron chi connectivity index (χ0n) is 17.6. The van der Waals surface area contributed by atoms with E-state index in [0.717, 1.165) is 30.2 Å². The van der Waals surface area contributed by atoms with Crippen molar-refractivity contribution in [1.82, 2.24) is 4.90 Å². The Labute approximate surface area is 173 Å². The summed E-state index contributed by atoms with van der Waals surface area (Å²) in [7, 11) is 1.93. The third kappa shape index (κ3) is 6.48. The fourth-order valence-electron chi connectivity index (χ4n) is 3.51. The Morgan fingerprint density at radius 3 is 2.55 bits per heavy atom. The molecule has 1 heterocycles. The third-order valence-electron chi connectivity index (χ3n) is 4.88. The molecular formula is C23H31N3O3. The van der Waals surface area contributed by atoms with Crippen LogP contribution < -0.4 is 15.0 Å². The minimum atomic E-state index is -0.0281. The maximum absolute atomic E-state index is 12.5. The molecule has 0 radical (unpaired) electrons. The van der Waals surface area contributed by atoms with Gasteiger partial charge in [-0.2, -0.15) is 0 Å². The lowest BCUT2D eigenvalue weighted by Gasteiger charge is -2.30. The van der Waals surface area contributed by atoms with Crippen molar-refractivity contribution >= 4 is 17.3 Å². The number of morpholine rings is 1. The molecule has 29 heavy (non-hydrogen) atoms. The number of para-hydroxylation sites is 2. The molecule has 156 valence electrons. The summed E-state index contributed by atoms with van der Waals surface area (Å²) in [5.41, 5.74) is 4.27. The van der Waals surface area contributed by atoms with E-state index >= 15 is 0 Å². The lowest BCUT2D eigenvalue weighted by Crippen LogP contribution is -2.37. The Kier molecular flexibility index (Phi) is 7.49. The van der Waals surface area contributed by atoms with Crippen LogP contribution in [0.15, 0.2) is 42.5 Å². The number of anilines is 2. The molecule has 0 aliphatic carbocycles. The van der Waals surface area contributed by atoms with E-state index in [2.05, 4.69) is 30.1 Å². The fraction of sp³-hybridized carbons (Fsp3) is 0.435. The monoisotopic (exact) mass is 397 g/mol. The molecule has 6 nitrogen and oxygen atoms in total. The quantitative estimate of drug-likeness (QED) is 0.742. The molecule has 1 aliphatic rings. The summed E-state index contributed by atoms with van der Waals surface area (Å²) >= 11 is 0. The van der Waals surface area contributed by atoms with Crippen molar-refractivity contribution < 1.29 is 14.3 Å². The molecule has 0 unspecified atom stereocenters. The number of rotatable bonds is 8. The maximum atomic E-state index is 12.5. The summed E-state index contributed by atoms with van der Waals surface area (Å²) in [6.45, 7) is 8.74. The number of amides is 1. The summed E-state index contributed by atoms with van der Waals surface area (Å²) in [5, 5.41) is 3.06. The summed E-state index contributed by atoms with van der Waals surface area (Å²) in [4.78, 5) is 16.8. The Morgan fingerprint density at radius 1 is 1.14 bits per heavy atom. The average Bonchev–Trinajstić information content (AvgIpc) is 2.68. The lowest BCUT2D eigenvalue weighted by molar-refractivity contribution is -0.117. The van der Waals surface area contributed by atoms with Crippen molar-refractivity contribution in [3.8, 4) is 5.75 Å². The topological polar surface area (TPSA) is 54.0 Å². The first-order valence-electron chi connectivity index (χ1n) is 10.1. The Bertz CT molecular complexity index is 799. The van der Waals surface area contributed by atoms with Gasteiger partial charge < -0.3 is 19.7 Å². The minimum absolute atomic E-state index is 0.0281. The first-order valence-corrected chi connectivity index (χ1v) is 10.1. The second kappa shape index (κ2) is 10.3. The van der Waals surface area contributed by atoms with Crippen molar-refractivity contribution in [3.05, 3.63) is 53.6 Å². The van der Waals surface area contributed by atoms with Crippen LogP contribution in [0.3, 0.4) is 0 Å². The number of ether oxygens (including phenoxy) is 2. The summed E-state index contributed by atoms with van der Waals surface area (Å²) < 4.78 is 11.3. The van der Waals surface area contributed by atoms with Crippen molar-refractivity contribution in [1.29, 1.82) is 0 Å². The van der Waals surface area contributed by atoms with Gasteiger partial charge in [0.2, 0.25) is 5.91 Å². The van der Waals surface area contributed by atoms with Crippen LogP contribution in [0.2, 0.25) is 0 Å². The van der Waals surface area contributed by atoms with Crippen molar-refractivity contribution in [2.45, 2.75) is 13.8 Å². The smallest absolute Gasteiger partial charge is 0.238 e. The number of aryl methyl sites for hydroxylation is 2. The van der Waals surface area contributed by atoms with Gasteiger partial charge in [-0.15, -0.1) is 0 Å². The van der Waals surface area contributed by atoms with E-state index in [4.69, 9.17) is 9.47 Å². The molecule has 1 aliphatic heterocycles. The third-order valence-corrected chi connectivity index (χ3v) is 4.88. The van der Waals surface area contributed by atoms with Crippen LogP contribution in [0.25, 0.3) is 0 Å². The van der Waals surface area contributed by atoms with Crippen molar-refractivity contribution in [2.75, 3.05) is 63.3 Å². The zero-order valence-corrected chi connectivity index (χ0v) is 17.6. The van der Waals surface area contributed by atoms with Gasteiger partial charge in [0.15, 0.2) is 0 Å². The van der Waals surface area contributed by atoms with Crippen LogP contribution in [-0.2, 0) is 9.53 Å². The van der Waals surface area contributed by atoms with Gasteiger partial charge in [-0.05, 0) is 56.3 Å². The largest absolute Gasteiger partial charge is 0.492 e. The normalized spacial score (nSPS) is 14.1. The van der Waals surface area contributed by atoms with Crippen LogP contribution >= 0.6 is 0 Å². The van der Waals surface area contributed by atoms with E-state index in [1.165, 1.54) is 11.1 Å². The highest BCUT2D eigenvalue weighted by Crippen LogP contribution is 2.26. The SMILES string of the molecule is Cc1cc(C)cc(OCCN(C)CC(=O)Nc2ccccc2N2CCOCC2)c1. The minimum Gasteiger partial charge on any atom is -0.492 e. The maximum Gasteiger partial charge on any atom is 0.238 e. The molecule has 2 aromatic carbocycles. The molecule has 1 saturated heterocycles. The number of carbonyl (C=O) groups excluding carboxylic acids is 1. The second-order valence-electron chi connectivity index (χ2n) is 7.57. The van der Waals surface area contributed by atoms with Crippen LogP contribution in [0, 0.1) is 13.8 Å². The van der Waals surface area contributed by atoms with Crippen LogP contribution in [-0.4, -0.2) is 63.9 Å². The second-order valence-corrected chi connectivity index (χ2v) is 7.57. The number of nitrogens with zero attached hydrogens (tertiary/aromatic N) is 2. The molecule has 6 heteroatoms. The Hall–Kier alpha value is -2.57. The van der Waals surface area contributed by atoms with Crippen LogP contribution in [0.4, 0.5) is 11.4 Å². The number of likely N-dealkylation sites (N-methyl/N-ethyl adjacent to an activating group) is 1. The van der Waals surface area contributed by atoms with Gasteiger partial charge >= 0.3 is 0 Å². The van der Waals surface area contributed by atoms with Crippen LogP contribution in [0.1, 0.15) is 11.1 Å². The van der Waals surface area contributed by atoms with E-state index in [1.807, 2.05) is 48.3 Å². The molecule has 3 rings (SSSR count). The molecule has 0 saturated carbocycles. The van der Waals surface area contributed by atoms with E-state index in [1.54, 1.807) is 0 Å². The molecule has 1 fully saturated rings. The molecule has 1 N–H and O–H groups in total. The van der Waals surface area contributed by atoms with E-state index in [0.29, 0.717) is 32.9 Å². The van der Waals surface area contributed by atoms with Gasteiger partial charge in [0.25, 0.3) is 0 Å². The number of hydrogen-bond donors (Lipinski definition) is 1. The van der Waals surface area contributed by atoms with Crippen LogP contribution in [0.5, 0.6) is 5.75 Å². The highest BCUT2D eigenvalue weighted by molar-refractivity contribution is 5.95. The molecular weight excluding hydrogens is 366 g/mol. The molecule has 0 aromatic heterocycles. The Morgan fingerprint density at radius 2 is 1.83 bits per heavy atom. The highest BCUT2D eigenvalue weighted by Gasteiger charge is 2.16. The first-order chi connectivity index (χ1) is 14.0. The van der Waals surface area contributed by atoms with E-state index < -0.39 is 0 Å². The van der Waals surface area contributed by atoms with Gasteiger partial charge in [-0.3, -0.25) is 9.69 Å². The standard InChI is InChI=1S/C23H31N3O3/c1-18-14-19(2)16-20(15-18)29-13-8-25(3)17-23(27)24-21-6-4-5-7-22(21)26-9-11-28-12-10-26/h4-7,14-16H,8-13,17H2,1-3H3,(H,24,27). The first kappa shape index (κ1) is 21.1.